The molecule has 1 heterocycles. The molecule has 1 aliphatic carbocycles. The zero-order chi connectivity index (χ0) is 13.9. The molecule has 20 heavy (non-hydrogen) atoms. The van der Waals surface area contributed by atoms with Crippen molar-refractivity contribution in [1.82, 2.24) is 5.32 Å². The van der Waals surface area contributed by atoms with Crippen molar-refractivity contribution < 1.29 is 4.79 Å². The highest BCUT2D eigenvalue weighted by molar-refractivity contribution is 5.93. The largest absolute Gasteiger partial charge is 0.372 e. The maximum atomic E-state index is 11.9. The second-order valence-electron chi connectivity index (χ2n) is 5.90. The number of carbonyl (C=O) groups is 1. The quantitative estimate of drug-likeness (QED) is 0.865. The molecule has 1 aliphatic heterocycles. The van der Waals surface area contributed by atoms with E-state index in [-0.39, 0.29) is 5.91 Å². The van der Waals surface area contributed by atoms with Crippen molar-refractivity contribution in [3.05, 3.63) is 23.8 Å². The van der Waals surface area contributed by atoms with Crippen molar-refractivity contribution in [2.24, 2.45) is 0 Å². The van der Waals surface area contributed by atoms with Gasteiger partial charge in [0.05, 0.1) is 6.54 Å². The molecule has 1 amide bonds. The first kappa shape index (κ1) is 13.4. The van der Waals surface area contributed by atoms with E-state index in [0.29, 0.717) is 12.6 Å². The molecule has 2 aliphatic rings. The van der Waals surface area contributed by atoms with E-state index >= 15 is 0 Å². The van der Waals surface area contributed by atoms with E-state index in [9.17, 15) is 4.79 Å². The molecule has 108 valence electrons. The number of hydrogen-bond acceptors (Lipinski definition) is 3. The van der Waals surface area contributed by atoms with Gasteiger partial charge in [0.2, 0.25) is 5.91 Å². The molecular formula is C16H23N3O. The zero-order valence-corrected chi connectivity index (χ0v) is 12.1. The average molecular weight is 273 g/mol. The summed E-state index contributed by atoms with van der Waals surface area (Å²) in [7, 11) is 0. The first-order valence-electron chi connectivity index (χ1n) is 7.61. The predicted octanol–water partition coefficient (Wildman–Crippen LogP) is 2.29. The lowest BCUT2D eigenvalue weighted by Crippen LogP contribution is -2.29. The molecular weight excluding hydrogens is 250 g/mol. The lowest BCUT2D eigenvalue weighted by Gasteiger charge is -2.19. The van der Waals surface area contributed by atoms with Gasteiger partial charge in [-0.1, -0.05) is 0 Å². The van der Waals surface area contributed by atoms with Crippen LogP contribution in [0.5, 0.6) is 0 Å². The monoisotopic (exact) mass is 273 g/mol. The molecule has 0 spiro atoms. The summed E-state index contributed by atoms with van der Waals surface area (Å²) in [6.45, 7) is 4.77. The van der Waals surface area contributed by atoms with Crippen LogP contribution in [0, 0.1) is 6.92 Å². The van der Waals surface area contributed by atoms with E-state index in [0.717, 1.165) is 24.3 Å². The minimum Gasteiger partial charge on any atom is -0.372 e. The van der Waals surface area contributed by atoms with Gasteiger partial charge in [-0.3, -0.25) is 4.79 Å². The van der Waals surface area contributed by atoms with Crippen LogP contribution in [0.15, 0.2) is 18.2 Å². The number of rotatable bonds is 5. The second kappa shape index (κ2) is 5.83. The number of carbonyl (C=O) groups excluding carboxylic acids is 1. The number of nitrogens with zero attached hydrogens (tertiary/aromatic N) is 1. The first-order valence-corrected chi connectivity index (χ1v) is 7.61. The highest BCUT2D eigenvalue weighted by Crippen LogP contribution is 2.25. The Bertz CT molecular complexity index is 490. The third-order valence-electron chi connectivity index (χ3n) is 4.08. The number of aryl methyl sites for hydroxylation is 1. The lowest BCUT2D eigenvalue weighted by atomic mass is 10.1. The molecule has 0 bridgehead atoms. The van der Waals surface area contributed by atoms with Gasteiger partial charge in [0.15, 0.2) is 0 Å². The average Bonchev–Trinajstić information content (AvgIpc) is 3.11. The molecule has 1 saturated heterocycles. The van der Waals surface area contributed by atoms with Crippen LogP contribution in [0.4, 0.5) is 11.4 Å². The fourth-order valence-corrected chi connectivity index (χ4v) is 2.68. The van der Waals surface area contributed by atoms with Gasteiger partial charge >= 0.3 is 0 Å². The van der Waals surface area contributed by atoms with Gasteiger partial charge in [-0.25, -0.2) is 0 Å². The highest BCUT2D eigenvalue weighted by Gasteiger charge is 2.21. The van der Waals surface area contributed by atoms with Gasteiger partial charge in [-0.05, 0) is 56.4 Å². The predicted molar refractivity (Wildman–Crippen MR) is 82.3 cm³/mol. The van der Waals surface area contributed by atoms with Crippen molar-refractivity contribution in [2.45, 2.75) is 38.6 Å². The van der Waals surface area contributed by atoms with Crippen molar-refractivity contribution >= 4 is 17.3 Å². The summed E-state index contributed by atoms with van der Waals surface area (Å²) < 4.78 is 0. The van der Waals surface area contributed by atoms with E-state index < -0.39 is 0 Å². The third-order valence-corrected chi connectivity index (χ3v) is 4.08. The standard InChI is InChI=1S/C16H23N3O/c1-12-10-14(19-8-2-3-9-19)6-7-15(12)18-16(20)11-17-13-4-5-13/h6-7,10,13,17H,2-5,8-9,11H2,1H3,(H,18,20). The van der Waals surface area contributed by atoms with Crippen molar-refractivity contribution in [1.29, 1.82) is 0 Å². The minimum absolute atomic E-state index is 0.0499. The maximum Gasteiger partial charge on any atom is 0.238 e. The van der Waals surface area contributed by atoms with Crippen LogP contribution in [0.1, 0.15) is 31.2 Å². The van der Waals surface area contributed by atoms with Crippen LogP contribution in [-0.2, 0) is 4.79 Å². The van der Waals surface area contributed by atoms with Crippen molar-refractivity contribution in [2.75, 3.05) is 29.9 Å². The summed E-state index contributed by atoms with van der Waals surface area (Å²) in [6, 6.07) is 6.88. The van der Waals surface area contributed by atoms with Gasteiger partial charge in [0.1, 0.15) is 0 Å². The number of anilines is 2. The third kappa shape index (κ3) is 3.31. The molecule has 2 fully saturated rings. The smallest absolute Gasteiger partial charge is 0.238 e. The first-order chi connectivity index (χ1) is 9.72. The summed E-state index contributed by atoms with van der Waals surface area (Å²) in [5.41, 5.74) is 3.33. The van der Waals surface area contributed by atoms with E-state index in [1.54, 1.807) is 0 Å². The van der Waals surface area contributed by atoms with Crippen LogP contribution >= 0.6 is 0 Å². The van der Waals surface area contributed by atoms with Gasteiger partial charge in [-0.2, -0.15) is 0 Å². The van der Waals surface area contributed by atoms with Gasteiger partial charge in [0.25, 0.3) is 0 Å². The van der Waals surface area contributed by atoms with Crippen LogP contribution < -0.4 is 15.5 Å². The van der Waals surface area contributed by atoms with E-state index in [4.69, 9.17) is 0 Å². The fourth-order valence-electron chi connectivity index (χ4n) is 2.68. The van der Waals surface area contributed by atoms with Crippen LogP contribution in [0.25, 0.3) is 0 Å². The number of nitrogens with one attached hydrogen (secondary N) is 2. The maximum absolute atomic E-state index is 11.9. The molecule has 4 nitrogen and oxygen atoms in total. The molecule has 0 radical (unpaired) electrons. The minimum atomic E-state index is 0.0499. The van der Waals surface area contributed by atoms with Gasteiger partial charge in [0, 0.05) is 30.5 Å². The van der Waals surface area contributed by atoms with E-state index in [1.165, 1.54) is 31.4 Å². The Balaban J connectivity index is 1.59. The lowest BCUT2D eigenvalue weighted by molar-refractivity contribution is -0.115. The summed E-state index contributed by atoms with van der Waals surface area (Å²) in [4.78, 5) is 14.3. The molecule has 0 atom stereocenters. The number of benzene rings is 1. The summed E-state index contributed by atoms with van der Waals surface area (Å²) in [5.74, 6) is 0.0499. The molecule has 1 aromatic rings. The van der Waals surface area contributed by atoms with Crippen molar-refractivity contribution in [3.63, 3.8) is 0 Å². The Hall–Kier alpha value is -1.55. The summed E-state index contributed by atoms with van der Waals surface area (Å²) in [5, 5.41) is 6.22. The van der Waals surface area contributed by atoms with Crippen LogP contribution in [0.3, 0.4) is 0 Å². The summed E-state index contributed by atoms with van der Waals surface area (Å²) in [6.07, 6.45) is 4.97. The van der Waals surface area contributed by atoms with Gasteiger partial charge in [-0.15, -0.1) is 0 Å². The second-order valence-corrected chi connectivity index (χ2v) is 5.90. The SMILES string of the molecule is Cc1cc(N2CCCC2)ccc1NC(=O)CNC1CC1. The zero-order valence-electron chi connectivity index (χ0n) is 12.1. The topological polar surface area (TPSA) is 44.4 Å². The van der Waals surface area contributed by atoms with Crippen LogP contribution in [-0.4, -0.2) is 31.6 Å². The molecule has 4 heteroatoms. The van der Waals surface area contributed by atoms with Crippen LogP contribution in [0.2, 0.25) is 0 Å². The molecule has 0 unspecified atom stereocenters. The van der Waals surface area contributed by atoms with E-state index in [2.05, 4.69) is 34.6 Å². The van der Waals surface area contributed by atoms with Crippen molar-refractivity contribution in [3.8, 4) is 0 Å². The Kier molecular flexibility index (Phi) is 3.92. The number of amides is 1. The Morgan fingerprint density at radius 3 is 2.70 bits per heavy atom. The molecule has 1 aromatic carbocycles. The molecule has 0 aromatic heterocycles. The summed E-state index contributed by atoms with van der Waals surface area (Å²) >= 11 is 0. The van der Waals surface area contributed by atoms with Gasteiger partial charge < -0.3 is 15.5 Å². The molecule has 3 rings (SSSR count). The van der Waals surface area contributed by atoms with E-state index in [1.807, 2.05) is 6.07 Å². The number of hydrogen-bond donors (Lipinski definition) is 2. The highest BCUT2D eigenvalue weighted by atomic mass is 16.1. The molecule has 2 N–H and O–H groups in total. The Morgan fingerprint density at radius 2 is 2.05 bits per heavy atom. The Morgan fingerprint density at radius 1 is 1.30 bits per heavy atom. The Labute approximate surface area is 120 Å². The fraction of sp³-hybridized carbons (Fsp3) is 0.562. The normalized spacial score (nSPS) is 18.4. The molecule has 1 saturated carbocycles.